The van der Waals surface area contributed by atoms with Crippen LogP contribution in [0.25, 0.3) is 0 Å². The fourth-order valence-corrected chi connectivity index (χ4v) is 1.76. The molecule has 0 spiro atoms. The smallest absolute Gasteiger partial charge is 0.237 e. The lowest BCUT2D eigenvalue weighted by Gasteiger charge is -2.18. The van der Waals surface area contributed by atoms with E-state index in [-0.39, 0.29) is 12.8 Å². The quantitative estimate of drug-likeness (QED) is 0.162. The largest absolute Gasteiger partial charge is 0.393 e. The first-order chi connectivity index (χ1) is 8.54. The molecule has 0 aromatic rings. The van der Waals surface area contributed by atoms with Gasteiger partial charge in [0.15, 0.2) is 0 Å². The molecule has 7 N–H and O–H groups in total. The molecule has 7 nitrogen and oxygen atoms in total. The number of hydrogen-bond donors (Lipinski definition) is 5. The minimum atomic E-state index is -0.657. The Morgan fingerprint density at radius 2 is 1.89 bits per heavy atom. The van der Waals surface area contributed by atoms with E-state index >= 15 is 0 Å². The first-order valence-corrected chi connectivity index (χ1v) is 6.23. The first kappa shape index (κ1) is 16.8. The number of rotatable bonds is 9. The van der Waals surface area contributed by atoms with Gasteiger partial charge in [0.05, 0.1) is 12.0 Å². The topological polar surface area (TPSA) is 130 Å². The molecule has 2 atom stereocenters. The molecule has 7 heteroatoms. The van der Waals surface area contributed by atoms with E-state index in [1.165, 1.54) is 0 Å². The highest BCUT2D eigenvalue weighted by Gasteiger charge is 2.23. The summed E-state index contributed by atoms with van der Waals surface area (Å²) in [5.41, 5.74) is 3.95. The van der Waals surface area contributed by atoms with Crippen LogP contribution in [0.4, 0.5) is 0 Å². The zero-order valence-electron chi connectivity index (χ0n) is 10.8. The van der Waals surface area contributed by atoms with Gasteiger partial charge in [-0.05, 0) is 12.8 Å². The van der Waals surface area contributed by atoms with Gasteiger partial charge in [-0.2, -0.15) is 0 Å². The van der Waals surface area contributed by atoms with Crippen LogP contribution in [0.15, 0.2) is 0 Å². The SMILES string of the molecule is CCCCCC(O)CC(CC(=O)NN)C(=O)NN. The molecule has 0 aromatic carbocycles. The van der Waals surface area contributed by atoms with Crippen LogP contribution in [0.3, 0.4) is 0 Å². The molecule has 0 aliphatic rings. The van der Waals surface area contributed by atoms with Gasteiger partial charge in [-0.3, -0.25) is 20.4 Å². The second-order valence-electron chi connectivity index (χ2n) is 4.36. The van der Waals surface area contributed by atoms with Crippen LogP contribution >= 0.6 is 0 Å². The molecule has 18 heavy (non-hydrogen) atoms. The Bertz CT molecular complexity index is 261. The molecule has 0 radical (unpaired) electrons. The summed E-state index contributed by atoms with van der Waals surface area (Å²) in [5, 5.41) is 9.79. The molecule has 0 saturated carbocycles. The van der Waals surface area contributed by atoms with E-state index in [0.29, 0.717) is 6.42 Å². The highest BCUT2D eigenvalue weighted by molar-refractivity contribution is 5.85. The third-order valence-electron chi connectivity index (χ3n) is 2.80. The second-order valence-corrected chi connectivity index (χ2v) is 4.36. The van der Waals surface area contributed by atoms with Crippen LogP contribution in [-0.4, -0.2) is 23.0 Å². The molecule has 2 unspecified atom stereocenters. The first-order valence-electron chi connectivity index (χ1n) is 6.23. The van der Waals surface area contributed by atoms with Crippen molar-refractivity contribution in [3.63, 3.8) is 0 Å². The summed E-state index contributed by atoms with van der Waals surface area (Å²) in [7, 11) is 0. The van der Waals surface area contributed by atoms with E-state index in [1.807, 2.05) is 10.9 Å². The summed E-state index contributed by atoms with van der Waals surface area (Å²) >= 11 is 0. The summed E-state index contributed by atoms with van der Waals surface area (Å²) in [4.78, 5) is 22.6. The normalized spacial score (nSPS) is 13.8. The Morgan fingerprint density at radius 1 is 1.22 bits per heavy atom. The Hall–Kier alpha value is -1.18. The second kappa shape index (κ2) is 9.81. The Labute approximate surface area is 107 Å². The Kier molecular flexibility index (Phi) is 9.17. The standard InChI is InChI=1S/C11H24N4O3/c1-2-3-4-5-9(16)6-8(11(18)15-13)7-10(17)14-12/h8-9,16H,2-7,12-13H2,1H3,(H,14,17)(H,15,18). The monoisotopic (exact) mass is 260 g/mol. The van der Waals surface area contributed by atoms with Gasteiger partial charge in [0.2, 0.25) is 11.8 Å². The number of hydrogen-bond acceptors (Lipinski definition) is 5. The number of aliphatic hydroxyl groups is 1. The summed E-state index contributed by atoms with van der Waals surface area (Å²) in [6, 6.07) is 0. The average Bonchev–Trinajstić information content (AvgIpc) is 2.37. The van der Waals surface area contributed by atoms with Crippen molar-refractivity contribution in [3.05, 3.63) is 0 Å². The highest BCUT2D eigenvalue weighted by Crippen LogP contribution is 2.16. The lowest BCUT2D eigenvalue weighted by atomic mass is 9.94. The molecular weight excluding hydrogens is 236 g/mol. The van der Waals surface area contributed by atoms with E-state index in [2.05, 4.69) is 6.92 Å². The predicted octanol–water partition coefficient (Wildman–Crippen LogP) is -0.696. The van der Waals surface area contributed by atoms with Crippen LogP contribution in [-0.2, 0) is 9.59 Å². The van der Waals surface area contributed by atoms with Gasteiger partial charge in [0.1, 0.15) is 0 Å². The summed E-state index contributed by atoms with van der Waals surface area (Å²) in [6.45, 7) is 2.07. The van der Waals surface area contributed by atoms with Crippen LogP contribution < -0.4 is 22.5 Å². The molecule has 0 bridgehead atoms. The average molecular weight is 260 g/mol. The van der Waals surface area contributed by atoms with Gasteiger partial charge >= 0.3 is 0 Å². The van der Waals surface area contributed by atoms with Gasteiger partial charge in [-0.25, -0.2) is 11.7 Å². The fraction of sp³-hybridized carbons (Fsp3) is 0.818. The lowest BCUT2D eigenvalue weighted by Crippen LogP contribution is -2.41. The van der Waals surface area contributed by atoms with Gasteiger partial charge in [-0.1, -0.05) is 26.2 Å². The van der Waals surface area contributed by atoms with Crippen molar-refractivity contribution >= 4 is 11.8 Å². The fourth-order valence-electron chi connectivity index (χ4n) is 1.76. The van der Waals surface area contributed by atoms with E-state index in [4.69, 9.17) is 11.7 Å². The molecule has 0 aromatic heterocycles. The number of carbonyl (C=O) groups is 2. The minimum absolute atomic E-state index is 0.0790. The van der Waals surface area contributed by atoms with E-state index in [0.717, 1.165) is 19.3 Å². The predicted molar refractivity (Wildman–Crippen MR) is 67.5 cm³/mol. The summed E-state index contributed by atoms with van der Waals surface area (Å²) in [5.74, 6) is 8.43. The third kappa shape index (κ3) is 7.21. The Balaban J connectivity index is 4.22. The molecule has 0 saturated heterocycles. The van der Waals surface area contributed by atoms with E-state index < -0.39 is 23.8 Å². The summed E-state index contributed by atoms with van der Waals surface area (Å²) in [6.07, 6.45) is 3.14. The van der Waals surface area contributed by atoms with Crippen LogP contribution in [0, 0.1) is 5.92 Å². The zero-order chi connectivity index (χ0) is 14.0. The summed E-state index contributed by atoms with van der Waals surface area (Å²) < 4.78 is 0. The molecule has 106 valence electrons. The van der Waals surface area contributed by atoms with E-state index in [9.17, 15) is 14.7 Å². The lowest BCUT2D eigenvalue weighted by molar-refractivity contribution is -0.131. The Morgan fingerprint density at radius 3 is 2.39 bits per heavy atom. The van der Waals surface area contributed by atoms with Crippen LogP contribution in [0.1, 0.15) is 45.4 Å². The van der Waals surface area contributed by atoms with Crippen molar-refractivity contribution < 1.29 is 14.7 Å². The number of hydrazine groups is 2. The number of carbonyl (C=O) groups excluding carboxylic acids is 2. The van der Waals surface area contributed by atoms with Crippen molar-refractivity contribution in [1.82, 2.24) is 10.9 Å². The number of nitrogens with one attached hydrogen (secondary N) is 2. The van der Waals surface area contributed by atoms with E-state index in [1.54, 1.807) is 0 Å². The van der Waals surface area contributed by atoms with Crippen molar-refractivity contribution in [2.24, 2.45) is 17.6 Å². The highest BCUT2D eigenvalue weighted by atomic mass is 16.3. The van der Waals surface area contributed by atoms with Gasteiger partial charge in [-0.15, -0.1) is 0 Å². The van der Waals surface area contributed by atoms with Gasteiger partial charge in [0.25, 0.3) is 0 Å². The van der Waals surface area contributed by atoms with Gasteiger partial charge < -0.3 is 5.11 Å². The number of nitrogens with two attached hydrogens (primary N) is 2. The maximum Gasteiger partial charge on any atom is 0.237 e. The molecule has 0 fully saturated rings. The molecular formula is C11H24N4O3. The number of unbranched alkanes of at least 4 members (excludes halogenated alkanes) is 2. The minimum Gasteiger partial charge on any atom is -0.393 e. The van der Waals surface area contributed by atoms with Crippen LogP contribution in [0.2, 0.25) is 0 Å². The molecule has 2 amide bonds. The maximum absolute atomic E-state index is 11.5. The number of aliphatic hydroxyl groups excluding tert-OH is 1. The third-order valence-corrected chi connectivity index (χ3v) is 2.80. The van der Waals surface area contributed by atoms with Crippen molar-refractivity contribution in [2.45, 2.75) is 51.6 Å². The number of amides is 2. The molecule has 0 rings (SSSR count). The van der Waals surface area contributed by atoms with Crippen LogP contribution in [0.5, 0.6) is 0 Å². The zero-order valence-corrected chi connectivity index (χ0v) is 10.8. The van der Waals surface area contributed by atoms with Gasteiger partial charge in [0, 0.05) is 6.42 Å². The molecule has 0 aliphatic carbocycles. The van der Waals surface area contributed by atoms with Crippen molar-refractivity contribution in [3.8, 4) is 0 Å². The molecule has 0 aliphatic heterocycles. The van der Waals surface area contributed by atoms with Crippen molar-refractivity contribution in [1.29, 1.82) is 0 Å². The molecule has 0 heterocycles. The van der Waals surface area contributed by atoms with Crippen molar-refractivity contribution in [2.75, 3.05) is 0 Å². The maximum atomic E-state index is 11.5.